The van der Waals surface area contributed by atoms with Crippen LogP contribution in [-0.2, 0) is 19.5 Å². The third-order valence-electron chi connectivity index (χ3n) is 5.35. The minimum atomic E-state index is 0.608. The van der Waals surface area contributed by atoms with E-state index in [2.05, 4.69) is 27.3 Å². The SMILES string of the molecule is COc1cccc(Nc2ncc3c(n2)CCN(Cc2ccc4c(c2)OCCO4)C3)c1. The summed E-state index contributed by atoms with van der Waals surface area (Å²) < 4.78 is 16.6. The van der Waals surface area contributed by atoms with Crippen LogP contribution in [-0.4, -0.2) is 41.7 Å². The van der Waals surface area contributed by atoms with Gasteiger partial charge < -0.3 is 19.5 Å². The van der Waals surface area contributed by atoms with Gasteiger partial charge in [0.15, 0.2) is 11.5 Å². The van der Waals surface area contributed by atoms with Gasteiger partial charge in [-0.1, -0.05) is 12.1 Å². The Kier molecular flexibility index (Phi) is 5.11. The third-order valence-corrected chi connectivity index (χ3v) is 5.35. The van der Waals surface area contributed by atoms with Crippen LogP contribution in [0.1, 0.15) is 16.8 Å². The first-order valence-electron chi connectivity index (χ1n) is 10.1. The largest absolute Gasteiger partial charge is 0.497 e. The van der Waals surface area contributed by atoms with E-state index in [0.717, 1.165) is 54.7 Å². The number of nitrogens with zero attached hydrogens (tertiary/aromatic N) is 3. The lowest BCUT2D eigenvalue weighted by atomic mass is 10.1. The molecule has 7 heteroatoms. The van der Waals surface area contributed by atoms with Gasteiger partial charge in [0.1, 0.15) is 19.0 Å². The van der Waals surface area contributed by atoms with Crippen molar-refractivity contribution in [2.24, 2.45) is 0 Å². The molecule has 0 spiro atoms. The van der Waals surface area contributed by atoms with Crippen molar-refractivity contribution < 1.29 is 14.2 Å². The topological polar surface area (TPSA) is 68.7 Å². The number of hydrogen-bond donors (Lipinski definition) is 1. The van der Waals surface area contributed by atoms with Gasteiger partial charge in [0, 0.05) is 49.6 Å². The standard InChI is InChI=1S/C23H24N4O3/c1-28-19-4-2-3-18(12-19)25-23-24-13-17-15-27(8-7-20(17)26-23)14-16-5-6-21-22(11-16)30-10-9-29-21/h2-6,11-13H,7-10,14-15H2,1H3,(H,24,25,26). The molecular formula is C23H24N4O3. The number of aromatic nitrogens is 2. The summed E-state index contributed by atoms with van der Waals surface area (Å²) in [7, 11) is 1.66. The Bertz CT molecular complexity index is 1060. The van der Waals surface area contributed by atoms with Gasteiger partial charge >= 0.3 is 0 Å². The van der Waals surface area contributed by atoms with Crippen LogP contribution in [0, 0.1) is 0 Å². The molecule has 0 amide bonds. The molecule has 0 saturated heterocycles. The van der Waals surface area contributed by atoms with Crippen molar-refractivity contribution in [3.63, 3.8) is 0 Å². The van der Waals surface area contributed by atoms with E-state index in [4.69, 9.17) is 19.2 Å². The van der Waals surface area contributed by atoms with Crippen molar-refractivity contribution in [3.05, 3.63) is 65.5 Å². The van der Waals surface area contributed by atoms with E-state index >= 15 is 0 Å². The van der Waals surface area contributed by atoms with Crippen molar-refractivity contribution in [1.29, 1.82) is 0 Å². The highest BCUT2D eigenvalue weighted by molar-refractivity contribution is 5.56. The summed E-state index contributed by atoms with van der Waals surface area (Å²) in [5.41, 5.74) is 4.41. The predicted molar refractivity (Wildman–Crippen MR) is 114 cm³/mol. The first kappa shape index (κ1) is 18.7. The molecule has 0 radical (unpaired) electrons. The summed E-state index contributed by atoms with van der Waals surface area (Å²) in [6.45, 7) is 3.88. The van der Waals surface area contributed by atoms with E-state index in [1.54, 1.807) is 7.11 Å². The van der Waals surface area contributed by atoms with Gasteiger partial charge in [-0.2, -0.15) is 0 Å². The third kappa shape index (κ3) is 4.02. The highest BCUT2D eigenvalue weighted by Gasteiger charge is 2.20. The zero-order chi connectivity index (χ0) is 20.3. The molecule has 2 aliphatic heterocycles. The maximum atomic E-state index is 5.71. The Morgan fingerprint density at radius 3 is 2.90 bits per heavy atom. The number of nitrogens with one attached hydrogen (secondary N) is 1. The molecule has 0 atom stereocenters. The first-order valence-corrected chi connectivity index (χ1v) is 10.1. The van der Waals surface area contributed by atoms with Gasteiger partial charge in [0.25, 0.3) is 0 Å². The number of fused-ring (bicyclic) bond motifs is 2. The Morgan fingerprint density at radius 1 is 1.10 bits per heavy atom. The minimum Gasteiger partial charge on any atom is -0.497 e. The number of ether oxygens (including phenoxy) is 3. The van der Waals surface area contributed by atoms with Gasteiger partial charge in [-0.25, -0.2) is 9.97 Å². The molecule has 0 fully saturated rings. The average molecular weight is 404 g/mol. The van der Waals surface area contributed by atoms with Crippen LogP contribution in [0.5, 0.6) is 17.2 Å². The molecule has 0 saturated carbocycles. The lowest BCUT2D eigenvalue weighted by Gasteiger charge is -2.28. The maximum absolute atomic E-state index is 5.71. The van der Waals surface area contributed by atoms with E-state index in [-0.39, 0.29) is 0 Å². The van der Waals surface area contributed by atoms with E-state index < -0.39 is 0 Å². The molecule has 3 aromatic rings. The molecular weight excluding hydrogens is 380 g/mol. The lowest BCUT2D eigenvalue weighted by molar-refractivity contribution is 0.171. The van der Waals surface area contributed by atoms with Crippen LogP contribution in [0.4, 0.5) is 11.6 Å². The number of rotatable bonds is 5. The molecule has 5 rings (SSSR count). The predicted octanol–water partition coefficient (Wildman–Crippen LogP) is 3.56. The van der Waals surface area contributed by atoms with Gasteiger partial charge in [-0.15, -0.1) is 0 Å². The smallest absolute Gasteiger partial charge is 0.227 e. The summed E-state index contributed by atoms with van der Waals surface area (Å²) in [6, 6.07) is 14.0. The Hall–Kier alpha value is -3.32. The van der Waals surface area contributed by atoms with Crippen molar-refractivity contribution in [3.8, 4) is 17.2 Å². The van der Waals surface area contributed by atoms with Crippen LogP contribution in [0.3, 0.4) is 0 Å². The van der Waals surface area contributed by atoms with Gasteiger partial charge in [-0.3, -0.25) is 4.90 Å². The zero-order valence-corrected chi connectivity index (χ0v) is 16.9. The summed E-state index contributed by atoms with van der Waals surface area (Å²) in [5.74, 6) is 3.08. The first-order chi connectivity index (χ1) is 14.8. The van der Waals surface area contributed by atoms with E-state index in [9.17, 15) is 0 Å². The van der Waals surface area contributed by atoms with Crippen LogP contribution < -0.4 is 19.5 Å². The molecule has 0 bridgehead atoms. The fourth-order valence-corrected chi connectivity index (χ4v) is 3.84. The van der Waals surface area contributed by atoms with Gasteiger partial charge in [0.2, 0.25) is 5.95 Å². The maximum Gasteiger partial charge on any atom is 0.227 e. The molecule has 3 heterocycles. The molecule has 0 aliphatic carbocycles. The monoisotopic (exact) mass is 404 g/mol. The average Bonchev–Trinajstić information content (AvgIpc) is 2.79. The van der Waals surface area contributed by atoms with Crippen LogP contribution in [0.25, 0.3) is 0 Å². The molecule has 30 heavy (non-hydrogen) atoms. The van der Waals surface area contributed by atoms with Crippen molar-refractivity contribution >= 4 is 11.6 Å². The molecule has 0 unspecified atom stereocenters. The normalized spacial score (nSPS) is 15.4. The molecule has 1 aromatic heterocycles. The summed E-state index contributed by atoms with van der Waals surface area (Å²) in [4.78, 5) is 11.7. The highest BCUT2D eigenvalue weighted by atomic mass is 16.6. The highest BCUT2D eigenvalue weighted by Crippen LogP contribution is 2.31. The quantitative estimate of drug-likeness (QED) is 0.697. The molecule has 2 aromatic carbocycles. The Balaban J connectivity index is 1.26. The number of benzene rings is 2. The van der Waals surface area contributed by atoms with E-state index in [0.29, 0.717) is 19.2 Å². The number of hydrogen-bond acceptors (Lipinski definition) is 7. The second kappa shape index (κ2) is 8.20. The summed E-state index contributed by atoms with van der Waals surface area (Å²) in [5, 5.41) is 3.27. The second-order valence-corrected chi connectivity index (χ2v) is 7.46. The van der Waals surface area contributed by atoms with Crippen molar-refractivity contribution in [2.75, 3.05) is 32.2 Å². The lowest BCUT2D eigenvalue weighted by Crippen LogP contribution is -2.31. The van der Waals surface area contributed by atoms with Gasteiger partial charge in [0.05, 0.1) is 12.8 Å². The van der Waals surface area contributed by atoms with Crippen LogP contribution in [0.2, 0.25) is 0 Å². The van der Waals surface area contributed by atoms with Crippen LogP contribution in [0.15, 0.2) is 48.7 Å². The van der Waals surface area contributed by atoms with E-state index in [1.807, 2.05) is 36.5 Å². The zero-order valence-electron chi connectivity index (χ0n) is 16.9. The Labute approximate surface area is 175 Å². The van der Waals surface area contributed by atoms with Gasteiger partial charge in [-0.05, 0) is 29.8 Å². The number of methoxy groups -OCH3 is 1. The van der Waals surface area contributed by atoms with Crippen molar-refractivity contribution in [2.45, 2.75) is 19.5 Å². The fraction of sp³-hybridized carbons (Fsp3) is 0.304. The minimum absolute atomic E-state index is 0.608. The number of anilines is 2. The molecule has 7 nitrogen and oxygen atoms in total. The van der Waals surface area contributed by atoms with Crippen LogP contribution >= 0.6 is 0 Å². The molecule has 2 aliphatic rings. The molecule has 154 valence electrons. The summed E-state index contributed by atoms with van der Waals surface area (Å²) in [6.07, 6.45) is 2.83. The van der Waals surface area contributed by atoms with Crippen molar-refractivity contribution in [1.82, 2.24) is 14.9 Å². The van der Waals surface area contributed by atoms with E-state index in [1.165, 1.54) is 11.1 Å². The summed E-state index contributed by atoms with van der Waals surface area (Å²) >= 11 is 0. The fourth-order valence-electron chi connectivity index (χ4n) is 3.84. The Morgan fingerprint density at radius 2 is 2.00 bits per heavy atom. The second-order valence-electron chi connectivity index (χ2n) is 7.46. The molecule has 1 N–H and O–H groups in total.